The minimum atomic E-state index is -0.573. The van der Waals surface area contributed by atoms with Crippen molar-refractivity contribution in [3.63, 3.8) is 0 Å². The zero-order valence-corrected chi connectivity index (χ0v) is 11.1. The second kappa shape index (κ2) is 4.13. The van der Waals surface area contributed by atoms with Gasteiger partial charge in [0.05, 0.1) is 23.4 Å². The Balaban J connectivity index is 1.86. The summed E-state index contributed by atoms with van der Waals surface area (Å²) in [5.74, 6) is 0.0214. The summed E-state index contributed by atoms with van der Waals surface area (Å²) in [6, 6.07) is 3.84. The number of nitrogens with two attached hydrogens (primary N) is 1. The summed E-state index contributed by atoms with van der Waals surface area (Å²) < 4.78 is 0. The summed E-state index contributed by atoms with van der Waals surface area (Å²) in [6.07, 6.45) is 1.88. The monoisotopic (exact) mass is 261 g/mol. The van der Waals surface area contributed by atoms with E-state index in [4.69, 9.17) is 5.73 Å². The fraction of sp³-hybridized carbons (Fsp3) is 0.500. The Labute approximate surface area is 112 Å². The van der Waals surface area contributed by atoms with E-state index < -0.39 is 5.60 Å². The van der Waals surface area contributed by atoms with Crippen molar-refractivity contribution < 1.29 is 9.90 Å². The Kier molecular flexibility index (Phi) is 2.67. The molecule has 0 atom stereocenters. The highest BCUT2D eigenvalue weighted by Crippen LogP contribution is 2.36. The van der Waals surface area contributed by atoms with Crippen molar-refractivity contribution in [2.75, 3.05) is 29.0 Å². The number of nitrogens with zero attached hydrogens (tertiary/aromatic N) is 1. The third-order valence-corrected chi connectivity index (χ3v) is 4.06. The zero-order chi connectivity index (χ0) is 13.6. The zero-order valence-electron chi connectivity index (χ0n) is 11.1. The maximum atomic E-state index is 11.4. The highest BCUT2D eigenvalue weighted by molar-refractivity contribution is 6.00. The van der Waals surface area contributed by atoms with Crippen LogP contribution in [0.5, 0.6) is 0 Å². The summed E-state index contributed by atoms with van der Waals surface area (Å²) >= 11 is 0. The predicted octanol–water partition coefficient (Wildman–Crippen LogP) is 1.11. The number of aliphatic hydroxyl groups is 1. The molecule has 2 aliphatic heterocycles. The van der Waals surface area contributed by atoms with Gasteiger partial charge >= 0.3 is 0 Å². The molecule has 1 aromatic carbocycles. The number of rotatable bonds is 1. The Hall–Kier alpha value is -1.75. The number of carbonyl (C=O) groups excluding carboxylic acids is 1. The molecule has 1 aromatic rings. The lowest BCUT2D eigenvalue weighted by molar-refractivity contribution is -0.115. The third-order valence-electron chi connectivity index (χ3n) is 4.06. The molecule has 1 saturated heterocycles. The van der Waals surface area contributed by atoms with Gasteiger partial charge in [0.25, 0.3) is 0 Å². The fourth-order valence-corrected chi connectivity index (χ4v) is 2.79. The molecule has 4 N–H and O–H groups in total. The number of piperidine rings is 1. The number of hydrogen-bond acceptors (Lipinski definition) is 4. The van der Waals surface area contributed by atoms with E-state index in [1.54, 1.807) is 0 Å². The molecule has 19 heavy (non-hydrogen) atoms. The van der Waals surface area contributed by atoms with Gasteiger partial charge in [0, 0.05) is 18.8 Å². The summed E-state index contributed by atoms with van der Waals surface area (Å²) in [5.41, 5.74) is 9.02. The molecule has 0 radical (unpaired) electrons. The van der Waals surface area contributed by atoms with Crippen LogP contribution in [0.2, 0.25) is 0 Å². The van der Waals surface area contributed by atoms with Crippen LogP contribution in [0.3, 0.4) is 0 Å². The van der Waals surface area contributed by atoms with Gasteiger partial charge in [-0.2, -0.15) is 0 Å². The number of nitrogens with one attached hydrogen (secondary N) is 1. The van der Waals surface area contributed by atoms with Crippen molar-refractivity contribution in [3.05, 3.63) is 17.7 Å². The minimum absolute atomic E-state index is 0.0214. The topological polar surface area (TPSA) is 78.6 Å². The first-order chi connectivity index (χ1) is 8.94. The summed E-state index contributed by atoms with van der Waals surface area (Å²) in [4.78, 5) is 13.6. The molecule has 5 nitrogen and oxygen atoms in total. The maximum Gasteiger partial charge on any atom is 0.228 e. The SMILES string of the molecule is CC1(O)CCN(c2cc3c(cc2N)CC(=O)N3)CC1. The smallest absolute Gasteiger partial charge is 0.228 e. The van der Waals surface area contributed by atoms with Gasteiger partial charge in [-0.1, -0.05) is 0 Å². The first-order valence-corrected chi connectivity index (χ1v) is 6.64. The van der Waals surface area contributed by atoms with Crippen LogP contribution in [0.1, 0.15) is 25.3 Å². The quantitative estimate of drug-likeness (QED) is 0.662. The van der Waals surface area contributed by atoms with Crippen LogP contribution >= 0.6 is 0 Å². The van der Waals surface area contributed by atoms with Crippen LogP contribution in [-0.4, -0.2) is 29.7 Å². The molecule has 5 heteroatoms. The van der Waals surface area contributed by atoms with E-state index in [1.807, 2.05) is 19.1 Å². The van der Waals surface area contributed by atoms with Crippen LogP contribution in [0.4, 0.5) is 17.1 Å². The van der Waals surface area contributed by atoms with Gasteiger partial charge in [0.15, 0.2) is 0 Å². The van der Waals surface area contributed by atoms with E-state index in [0.717, 1.165) is 42.9 Å². The first-order valence-electron chi connectivity index (χ1n) is 6.64. The van der Waals surface area contributed by atoms with Gasteiger partial charge < -0.3 is 21.1 Å². The highest BCUT2D eigenvalue weighted by atomic mass is 16.3. The van der Waals surface area contributed by atoms with Crippen LogP contribution in [0.15, 0.2) is 12.1 Å². The molecule has 0 saturated carbocycles. The van der Waals surface area contributed by atoms with Gasteiger partial charge in [-0.25, -0.2) is 0 Å². The molecule has 0 spiro atoms. The molecule has 0 bridgehead atoms. The Morgan fingerprint density at radius 2 is 2.05 bits per heavy atom. The molecular weight excluding hydrogens is 242 g/mol. The predicted molar refractivity (Wildman–Crippen MR) is 75.3 cm³/mol. The van der Waals surface area contributed by atoms with E-state index in [9.17, 15) is 9.90 Å². The van der Waals surface area contributed by atoms with Crippen LogP contribution in [-0.2, 0) is 11.2 Å². The fourth-order valence-electron chi connectivity index (χ4n) is 2.79. The lowest BCUT2D eigenvalue weighted by Crippen LogP contribution is -2.42. The van der Waals surface area contributed by atoms with Crippen LogP contribution < -0.4 is 16.0 Å². The van der Waals surface area contributed by atoms with Crippen molar-refractivity contribution >= 4 is 23.0 Å². The lowest BCUT2D eigenvalue weighted by atomic mass is 9.93. The second-order valence-corrected chi connectivity index (χ2v) is 5.78. The Bertz CT molecular complexity index is 530. The molecule has 0 aromatic heterocycles. The summed E-state index contributed by atoms with van der Waals surface area (Å²) in [6.45, 7) is 3.43. The highest BCUT2D eigenvalue weighted by Gasteiger charge is 2.29. The van der Waals surface area contributed by atoms with Crippen LogP contribution in [0, 0.1) is 0 Å². The number of benzene rings is 1. The molecule has 1 amide bonds. The van der Waals surface area contributed by atoms with Crippen molar-refractivity contribution in [1.29, 1.82) is 0 Å². The van der Waals surface area contributed by atoms with Gasteiger partial charge in [0.1, 0.15) is 0 Å². The van der Waals surface area contributed by atoms with E-state index in [2.05, 4.69) is 10.2 Å². The van der Waals surface area contributed by atoms with Crippen LogP contribution in [0.25, 0.3) is 0 Å². The van der Waals surface area contributed by atoms with E-state index in [0.29, 0.717) is 12.1 Å². The molecule has 2 aliphatic rings. The van der Waals surface area contributed by atoms with Crippen molar-refractivity contribution in [3.8, 4) is 0 Å². The first kappa shape index (κ1) is 12.3. The molecular formula is C14H19N3O2. The number of carbonyl (C=O) groups is 1. The molecule has 102 valence electrons. The third kappa shape index (κ3) is 2.26. The van der Waals surface area contributed by atoms with Crippen molar-refractivity contribution in [2.45, 2.75) is 31.8 Å². The van der Waals surface area contributed by atoms with Gasteiger partial charge in [-0.05, 0) is 37.5 Å². The lowest BCUT2D eigenvalue weighted by Gasteiger charge is -2.37. The number of hydrogen-bond donors (Lipinski definition) is 3. The minimum Gasteiger partial charge on any atom is -0.397 e. The number of fused-ring (bicyclic) bond motifs is 1. The average molecular weight is 261 g/mol. The number of nitrogen functional groups attached to an aromatic ring is 1. The van der Waals surface area contributed by atoms with E-state index in [1.165, 1.54) is 0 Å². The number of anilines is 3. The largest absolute Gasteiger partial charge is 0.397 e. The molecule has 3 rings (SSSR count). The average Bonchev–Trinajstić information content (AvgIpc) is 2.67. The normalized spacial score (nSPS) is 21.2. The van der Waals surface area contributed by atoms with Gasteiger partial charge in [-0.15, -0.1) is 0 Å². The standard InChI is InChI=1S/C14H19N3O2/c1-14(19)2-4-17(5-3-14)12-8-11-9(6-10(12)15)7-13(18)16-11/h6,8,19H,2-5,7,15H2,1H3,(H,16,18). The number of amides is 1. The van der Waals surface area contributed by atoms with Gasteiger partial charge in [-0.3, -0.25) is 4.79 Å². The summed E-state index contributed by atoms with van der Waals surface area (Å²) in [7, 11) is 0. The maximum absolute atomic E-state index is 11.4. The molecule has 0 aliphatic carbocycles. The van der Waals surface area contributed by atoms with E-state index in [-0.39, 0.29) is 5.91 Å². The molecule has 2 heterocycles. The van der Waals surface area contributed by atoms with Crippen molar-refractivity contribution in [2.24, 2.45) is 0 Å². The van der Waals surface area contributed by atoms with Gasteiger partial charge in [0.2, 0.25) is 5.91 Å². The summed E-state index contributed by atoms with van der Waals surface area (Å²) in [5, 5.41) is 12.8. The second-order valence-electron chi connectivity index (χ2n) is 5.78. The van der Waals surface area contributed by atoms with E-state index >= 15 is 0 Å². The Morgan fingerprint density at radius 3 is 2.74 bits per heavy atom. The Morgan fingerprint density at radius 1 is 1.37 bits per heavy atom. The van der Waals surface area contributed by atoms with Crippen molar-refractivity contribution in [1.82, 2.24) is 0 Å². The molecule has 0 unspecified atom stereocenters. The molecule has 1 fully saturated rings.